The summed E-state index contributed by atoms with van der Waals surface area (Å²) < 4.78 is 0. The van der Waals surface area contributed by atoms with Crippen LogP contribution < -0.4 is 4.90 Å². The van der Waals surface area contributed by atoms with Crippen molar-refractivity contribution < 1.29 is 9.90 Å². The van der Waals surface area contributed by atoms with Gasteiger partial charge in [0.25, 0.3) is 5.91 Å². The number of nitrogens with zero attached hydrogens (tertiary/aromatic N) is 4. The second-order valence-electron chi connectivity index (χ2n) is 8.35. The summed E-state index contributed by atoms with van der Waals surface area (Å²) >= 11 is 0. The molecule has 6 heteroatoms. The summed E-state index contributed by atoms with van der Waals surface area (Å²) in [6, 6.07) is 9.71. The number of likely N-dealkylation sites (tertiary alicyclic amines) is 2. The highest BCUT2D eigenvalue weighted by atomic mass is 16.3. The third-order valence-corrected chi connectivity index (χ3v) is 6.33. The van der Waals surface area contributed by atoms with Crippen LogP contribution in [0.25, 0.3) is 10.9 Å². The van der Waals surface area contributed by atoms with E-state index in [1.165, 1.54) is 0 Å². The molecule has 1 N–H and O–H groups in total. The molecule has 1 aromatic heterocycles. The Morgan fingerprint density at radius 3 is 2.85 bits per heavy atom. The summed E-state index contributed by atoms with van der Waals surface area (Å²) in [6.07, 6.45) is 0.939. The average Bonchev–Trinajstić information content (AvgIpc) is 3.05. The molecule has 2 aliphatic heterocycles. The van der Waals surface area contributed by atoms with E-state index < -0.39 is 0 Å². The molecule has 3 heterocycles. The molecule has 1 amide bonds. The molecule has 2 saturated heterocycles. The molecule has 0 bridgehead atoms. The largest absolute Gasteiger partial charge is 0.396 e. The van der Waals surface area contributed by atoms with Crippen molar-refractivity contribution in [2.45, 2.75) is 6.42 Å². The SMILES string of the molecule is CN1CC[C@]2(CO)CN(C(=O)c3cc(N(C)C)nc4ccccc34)C[C@@H]2C1. The van der Waals surface area contributed by atoms with Gasteiger partial charge in [-0.1, -0.05) is 18.2 Å². The molecular weight excluding hydrogens is 340 g/mol. The van der Waals surface area contributed by atoms with Crippen LogP contribution in [-0.2, 0) is 0 Å². The van der Waals surface area contributed by atoms with E-state index in [0.29, 0.717) is 24.6 Å². The van der Waals surface area contributed by atoms with E-state index in [0.717, 1.165) is 36.2 Å². The Kier molecular flexibility index (Phi) is 4.56. The zero-order valence-corrected chi connectivity index (χ0v) is 16.4. The highest BCUT2D eigenvalue weighted by Crippen LogP contribution is 2.42. The molecule has 2 aromatic rings. The number of aromatic nitrogens is 1. The van der Waals surface area contributed by atoms with Crippen LogP contribution in [0.3, 0.4) is 0 Å². The topological polar surface area (TPSA) is 59.9 Å². The van der Waals surface area contributed by atoms with Gasteiger partial charge in [-0.15, -0.1) is 0 Å². The standard InChI is InChI=1S/C21H28N4O2/c1-23(2)19-10-17(16-6-4-5-7-18(16)22-19)20(27)25-12-15-11-24(3)9-8-21(15,13-25)14-26/h4-7,10,15,26H,8-9,11-14H2,1-3H3/t15-,21+/m0/s1. The van der Waals surface area contributed by atoms with Gasteiger partial charge in [0.1, 0.15) is 5.82 Å². The first kappa shape index (κ1) is 18.2. The minimum absolute atomic E-state index is 0.0431. The van der Waals surface area contributed by atoms with Crippen LogP contribution in [0.15, 0.2) is 30.3 Å². The molecule has 2 aliphatic rings. The smallest absolute Gasteiger partial charge is 0.254 e. The minimum Gasteiger partial charge on any atom is -0.396 e. The molecule has 4 rings (SSSR count). The van der Waals surface area contributed by atoms with E-state index in [2.05, 4.69) is 16.9 Å². The number of amides is 1. The van der Waals surface area contributed by atoms with Gasteiger partial charge in [0.05, 0.1) is 17.7 Å². The van der Waals surface area contributed by atoms with Crippen molar-refractivity contribution in [2.75, 3.05) is 58.8 Å². The van der Waals surface area contributed by atoms with Crippen LogP contribution in [0.1, 0.15) is 16.8 Å². The Bertz CT molecular complexity index is 868. The summed E-state index contributed by atoms with van der Waals surface area (Å²) in [5.74, 6) is 1.15. The molecule has 0 radical (unpaired) electrons. The van der Waals surface area contributed by atoms with E-state index in [-0.39, 0.29) is 17.9 Å². The third-order valence-electron chi connectivity index (χ3n) is 6.33. The normalized spacial score (nSPS) is 25.6. The number of pyridine rings is 1. The molecule has 0 saturated carbocycles. The number of carbonyl (C=O) groups is 1. The lowest BCUT2D eigenvalue weighted by Crippen LogP contribution is -2.47. The fraction of sp³-hybridized carbons (Fsp3) is 0.524. The van der Waals surface area contributed by atoms with E-state index in [1.54, 1.807) is 0 Å². The molecule has 2 fully saturated rings. The fourth-order valence-electron chi connectivity index (χ4n) is 4.60. The monoisotopic (exact) mass is 368 g/mol. The molecule has 0 spiro atoms. The number of rotatable bonds is 3. The average molecular weight is 368 g/mol. The highest BCUT2D eigenvalue weighted by Gasteiger charge is 2.49. The van der Waals surface area contributed by atoms with Crippen LogP contribution in [0.5, 0.6) is 0 Å². The van der Waals surface area contributed by atoms with Crippen molar-refractivity contribution >= 4 is 22.6 Å². The van der Waals surface area contributed by atoms with Crippen LogP contribution in [0.2, 0.25) is 0 Å². The molecule has 144 valence electrons. The number of aliphatic hydroxyl groups is 1. The van der Waals surface area contributed by atoms with Gasteiger partial charge in [0.2, 0.25) is 0 Å². The van der Waals surface area contributed by atoms with Crippen molar-refractivity contribution in [3.05, 3.63) is 35.9 Å². The van der Waals surface area contributed by atoms with Crippen molar-refractivity contribution in [3.63, 3.8) is 0 Å². The molecule has 27 heavy (non-hydrogen) atoms. The second kappa shape index (κ2) is 6.77. The zero-order chi connectivity index (χ0) is 19.2. The van der Waals surface area contributed by atoms with Crippen LogP contribution >= 0.6 is 0 Å². The number of carbonyl (C=O) groups excluding carboxylic acids is 1. The van der Waals surface area contributed by atoms with Crippen LogP contribution in [-0.4, -0.2) is 79.7 Å². The lowest BCUT2D eigenvalue weighted by atomic mass is 9.73. The van der Waals surface area contributed by atoms with Gasteiger partial charge < -0.3 is 19.8 Å². The summed E-state index contributed by atoms with van der Waals surface area (Å²) in [5.41, 5.74) is 1.37. The van der Waals surface area contributed by atoms with E-state index in [9.17, 15) is 9.90 Å². The van der Waals surface area contributed by atoms with E-state index in [4.69, 9.17) is 0 Å². The molecule has 6 nitrogen and oxygen atoms in total. The molecule has 0 unspecified atom stereocenters. The van der Waals surface area contributed by atoms with Crippen molar-refractivity contribution in [3.8, 4) is 0 Å². The van der Waals surface area contributed by atoms with Crippen LogP contribution in [0, 0.1) is 11.3 Å². The zero-order valence-electron chi connectivity index (χ0n) is 16.4. The Hall–Kier alpha value is -2.18. The van der Waals surface area contributed by atoms with Gasteiger partial charge in [0.15, 0.2) is 0 Å². The van der Waals surface area contributed by atoms with Gasteiger partial charge in [-0.2, -0.15) is 0 Å². The third kappa shape index (κ3) is 3.07. The predicted molar refractivity (Wildman–Crippen MR) is 107 cm³/mol. The number of benzene rings is 1. The summed E-state index contributed by atoms with van der Waals surface area (Å²) in [7, 11) is 5.99. The first-order valence-corrected chi connectivity index (χ1v) is 9.59. The summed E-state index contributed by atoms with van der Waals surface area (Å²) in [4.78, 5) is 24.3. The minimum atomic E-state index is -0.157. The van der Waals surface area contributed by atoms with Crippen LogP contribution in [0.4, 0.5) is 5.82 Å². The Morgan fingerprint density at radius 2 is 2.11 bits per heavy atom. The Morgan fingerprint density at radius 1 is 1.33 bits per heavy atom. The summed E-state index contributed by atoms with van der Waals surface area (Å²) in [6.45, 7) is 3.40. The van der Waals surface area contributed by atoms with Crippen molar-refractivity contribution in [1.29, 1.82) is 0 Å². The highest BCUT2D eigenvalue weighted by molar-refractivity contribution is 6.07. The maximum absolute atomic E-state index is 13.5. The van der Waals surface area contributed by atoms with Gasteiger partial charge in [-0.25, -0.2) is 4.98 Å². The number of piperidine rings is 1. The lowest BCUT2D eigenvalue weighted by molar-refractivity contribution is 0.0277. The van der Waals surface area contributed by atoms with Gasteiger partial charge in [-0.05, 0) is 38.1 Å². The Balaban J connectivity index is 1.71. The lowest BCUT2D eigenvalue weighted by Gasteiger charge is -2.40. The quantitative estimate of drug-likeness (QED) is 0.893. The number of para-hydroxylation sites is 1. The van der Waals surface area contributed by atoms with Gasteiger partial charge >= 0.3 is 0 Å². The first-order valence-electron chi connectivity index (χ1n) is 9.59. The molecule has 2 atom stereocenters. The van der Waals surface area contributed by atoms with Gasteiger partial charge in [0, 0.05) is 44.5 Å². The van der Waals surface area contributed by atoms with Crippen molar-refractivity contribution in [2.24, 2.45) is 11.3 Å². The van der Waals surface area contributed by atoms with Crippen molar-refractivity contribution in [1.82, 2.24) is 14.8 Å². The number of hydrogen-bond donors (Lipinski definition) is 1. The summed E-state index contributed by atoms with van der Waals surface area (Å²) in [5, 5.41) is 11.0. The number of hydrogen-bond acceptors (Lipinski definition) is 5. The number of fused-ring (bicyclic) bond motifs is 2. The fourth-order valence-corrected chi connectivity index (χ4v) is 4.60. The molecular formula is C21H28N4O2. The molecule has 1 aromatic carbocycles. The van der Waals surface area contributed by atoms with Gasteiger partial charge in [-0.3, -0.25) is 4.79 Å². The van der Waals surface area contributed by atoms with E-state index in [1.807, 2.05) is 54.2 Å². The maximum atomic E-state index is 13.5. The molecule has 0 aliphatic carbocycles. The van der Waals surface area contributed by atoms with E-state index >= 15 is 0 Å². The second-order valence-corrected chi connectivity index (χ2v) is 8.35. The first-order chi connectivity index (χ1) is 12.9. The Labute approximate surface area is 160 Å². The number of aliphatic hydroxyl groups excluding tert-OH is 1. The predicted octanol–water partition coefficient (Wildman–Crippen LogP) is 1.69. The maximum Gasteiger partial charge on any atom is 0.254 e. The number of anilines is 1.